The molecule has 0 amide bonds. The largest absolute Gasteiger partial charge is 0.354 e. The van der Waals surface area contributed by atoms with E-state index in [1.807, 2.05) is 13.1 Å². The normalized spacial score (nSPS) is 16.2. The van der Waals surface area contributed by atoms with Gasteiger partial charge in [-0.05, 0) is 18.4 Å². The van der Waals surface area contributed by atoms with Crippen LogP contribution < -0.4 is 10.6 Å². The Bertz CT molecular complexity index is 359. The molecule has 0 unspecified atom stereocenters. The maximum atomic E-state index is 4.26. The van der Waals surface area contributed by atoms with E-state index < -0.39 is 0 Å². The highest BCUT2D eigenvalue weighted by Crippen LogP contribution is 2.17. The van der Waals surface area contributed by atoms with Crippen molar-refractivity contribution in [2.75, 3.05) is 7.05 Å². The number of guanidine groups is 1. The first-order valence-corrected chi connectivity index (χ1v) is 6.39. The van der Waals surface area contributed by atoms with Gasteiger partial charge in [0.2, 0.25) is 0 Å². The van der Waals surface area contributed by atoms with Crippen LogP contribution >= 0.6 is 24.0 Å². The molecule has 4 heteroatoms. The summed E-state index contributed by atoms with van der Waals surface area (Å²) in [6.45, 7) is 0.827. The van der Waals surface area contributed by atoms with Crippen LogP contribution in [0.1, 0.15) is 31.2 Å². The highest BCUT2D eigenvalue weighted by Gasteiger charge is 2.15. The molecule has 0 atom stereocenters. The second kappa shape index (κ2) is 8.34. The molecule has 0 heterocycles. The highest BCUT2D eigenvalue weighted by atomic mass is 127. The van der Waals surface area contributed by atoms with Crippen molar-refractivity contribution in [2.45, 2.75) is 38.3 Å². The molecule has 2 rings (SSSR count). The fourth-order valence-corrected chi connectivity index (χ4v) is 2.24. The molecule has 1 aromatic carbocycles. The van der Waals surface area contributed by atoms with Crippen molar-refractivity contribution in [2.24, 2.45) is 4.99 Å². The van der Waals surface area contributed by atoms with Crippen LogP contribution in [0.15, 0.2) is 35.3 Å². The van der Waals surface area contributed by atoms with Crippen molar-refractivity contribution in [3.63, 3.8) is 0 Å². The quantitative estimate of drug-likeness (QED) is 0.495. The number of nitrogens with zero attached hydrogens (tertiary/aromatic N) is 1. The van der Waals surface area contributed by atoms with E-state index >= 15 is 0 Å². The van der Waals surface area contributed by atoms with E-state index in [2.05, 4.69) is 39.9 Å². The van der Waals surface area contributed by atoms with Gasteiger partial charge in [0.15, 0.2) is 5.96 Å². The van der Waals surface area contributed by atoms with Crippen molar-refractivity contribution in [3.8, 4) is 0 Å². The van der Waals surface area contributed by atoms with Gasteiger partial charge in [-0.1, -0.05) is 43.2 Å². The lowest BCUT2D eigenvalue weighted by Crippen LogP contribution is -2.41. The molecule has 18 heavy (non-hydrogen) atoms. The molecule has 1 saturated carbocycles. The van der Waals surface area contributed by atoms with Crippen molar-refractivity contribution >= 4 is 29.9 Å². The summed E-state index contributed by atoms with van der Waals surface area (Å²) in [5.41, 5.74) is 1.28. The minimum absolute atomic E-state index is 0. The van der Waals surface area contributed by atoms with E-state index in [0.717, 1.165) is 12.5 Å². The molecular formula is C14H22IN3. The lowest BCUT2D eigenvalue weighted by Gasteiger charge is -2.16. The minimum Gasteiger partial charge on any atom is -0.354 e. The van der Waals surface area contributed by atoms with Gasteiger partial charge in [0.1, 0.15) is 0 Å². The van der Waals surface area contributed by atoms with Crippen molar-refractivity contribution in [3.05, 3.63) is 35.9 Å². The molecule has 0 bridgehead atoms. The van der Waals surface area contributed by atoms with Crippen LogP contribution in [-0.2, 0) is 6.54 Å². The van der Waals surface area contributed by atoms with Gasteiger partial charge in [-0.3, -0.25) is 4.99 Å². The summed E-state index contributed by atoms with van der Waals surface area (Å²) in [6.07, 6.45) is 5.22. The van der Waals surface area contributed by atoms with E-state index in [0.29, 0.717) is 6.04 Å². The first-order chi connectivity index (χ1) is 8.38. The average molecular weight is 359 g/mol. The fourth-order valence-electron chi connectivity index (χ4n) is 2.24. The summed E-state index contributed by atoms with van der Waals surface area (Å²) in [7, 11) is 1.83. The SMILES string of the molecule is CN=C(NCc1ccccc1)NC1CCCC1.I. The molecule has 0 radical (unpaired) electrons. The molecule has 0 aliphatic heterocycles. The van der Waals surface area contributed by atoms with Crippen LogP contribution in [-0.4, -0.2) is 19.0 Å². The molecule has 1 fully saturated rings. The van der Waals surface area contributed by atoms with E-state index in [1.54, 1.807) is 0 Å². The predicted molar refractivity (Wildman–Crippen MR) is 87.4 cm³/mol. The Morgan fingerprint density at radius 1 is 1.22 bits per heavy atom. The fraction of sp³-hybridized carbons (Fsp3) is 0.500. The zero-order valence-electron chi connectivity index (χ0n) is 10.9. The topological polar surface area (TPSA) is 36.4 Å². The van der Waals surface area contributed by atoms with Crippen LogP contribution in [0.4, 0.5) is 0 Å². The lowest BCUT2D eigenvalue weighted by molar-refractivity contribution is 0.613. The summed E-state index contributed by atoms with van der Waals surface area (Å²) >= 11 is 0. The maximum Gasteiger partial charge on any atom is 0.191 e. The lowest BCUT2D eigenvalue weighted by atomic mass is 10.2. The molecule has 2 N–H and O–H groups in total. The average Bonchev–Trinajstić information content (AvgIpc) is 2.88. The summed E-state index contributed by atoms with van der Waals surface area (Å²) in [6, 6.07) is 11.0. The number of aliphatic imine (C=N–C) groups is 1. The van der Waals surface area contributed by atoms with Gasteiger partial charge in [-0.2, -0.15) is 0 Å². The number of hydrogen-bond acceptors (Lipinski definition) is 1. The van der Waals surface area contributed by atoms with E-state index in [1.165, 1.54) is 31.2 Å². The van der Waals surface area contributed by atoms with E-state index in [9.17, 15) is 0 Å². The number of rotatable bonds is 3. The molecule has 0 spiro atoms. The monoisotopic (exact) mass is 359 g/mol. The molecule has 0 saturated heterocycles. The van der Waals surface area contributed by atoms with Crippen LogP contribution in [0, 0.1) is 0 Å². The van der Waals surface area contributed by atoms with Gasteiger partial charge in [-0.15, -0.1) is 24.0 Å². The first kappa shape index (κ1) is 15.3. The standard InChI is InChI=1S/C14H21N3.HI/c1-15-14(17-13-9-5-6-10-13)16-11-12-7-3-2-4-8-12;/h2-4,7-8,13H,5-6,9-11H2,1H3,(H2,15,16,17);1H. The number of halogens is 1. The number of benzene rings is 1. The molecule has 1 aliphatic carbocycles. The summed E-state index contributed by atoms with van der Waals surface area (Å²) in [5.74, 6) is 0.917. The summed E-state index contributed by atoms with van der Waals surface area (Å²) < 4.78 is 0. The third-order valence-electron chi connectivity index (χ3n) is 3.22. The smallest absolute Gasteiger partial charge is 0.191 e. The molecular weight excluding hydrogens is 337 g/mol. The second-order valence-corrected chi connectivity index (χ2v) is 4.54. The Kier molecular flexibility index (Phi) is 7.08. The predicted octanol–water partition coefficient (Wildman–Crippen LogP) is 2.91. The van der Waals surface area contributed by atoms with Crippen molar-refractivity contribution in [1.82, 2.24) is 10.6 Å². The third-order valence-corrected chi connectivity index (χ3v) is 3.22. The zero-order valence-corrected chi connectivity index (χ0v) is 13.2. The Balaban J connectivity index is 0.00000162. The molecule has 1 aromatic rings. The molecule has 0 aromatic heterocycles. The first-order valence-electron chi connectivity index (χ1n) is 6.39. The van der Waals surface area contributed by atoms with Crippen molar-refractivity contribution < 1.29 is 0 Å². The molecule has 100 valence electrons. The summed E-state index contributed by atoms with van der Waals surface area (Å²) in [4.78, 5) is 4.26. The van der Waals surface area contributed by atoms with Crippen LogP contribution in [0.5, 0.6) is 0 Å². The van der Waals surface area contributed by atoms with Gasteiger partial charge < -0.3 is 10.6 Å². The molecule has 1 aliphatic rings. The Morgan fingerprint density at radius 2 is 1.89 bits per heavy atom. The van der Waals surface area contributed by atoms with Crippen LogP contribution in [0.3, 0.4) is 0 Å². The third kappa shape index (κ3) is 4.84. The van der Waals surface area contributed by atoms with Gasteiger partial charge in [0, 0.05) is 19.6 Å². The van der Waals surface area contributed by atoms with Gasteiger partial charge in [0.05, 0.1) is 0 Å². The van der Waals surface area contributed by atoms with Crippen molar-refractivity contribution in [1.29, 1.82) is 0 Å². The molecule has 3 nitrogen and oxygen atoms in total. The zero-order chi connectivity index (χ0) is 11.9. The summed E-state index contributed by atoms with van der Waals surface area (Å²) in [5, 5.41) is 6.83. The Labute approximate surface area is 126 Å². The van der Waals surface area contributed by atoms with Gasteiger partial charge >= 0.3 is 0 Å². The Morgan fingerprint density at radius 3 is 2.50 bits per heavy atom. The van der Waals surface area contributed by atoms with Crippen LogP contribution in [0.2, 0.25) is 0 Å². The number of nitrogens with one attached hydrogen (secondary N) is 2. The second-order valence-electron chi connectivity index (χ2n) is 4.54. The van der Waals surface area contributed by atoms with Crippen LogP contribution in [0.25, 0.3) is 0 Å². The number of hydrogen-bond donors (Lipinski definition) is 2. The van der Waals surface area contributed by atoms with E-state index in [-0.39, 0.29) is 24.0 Å². The van der Waals surface area contributed by atoms with Gasteiger partial charge in [-0.25, -0.2) is 0 Å². The maximum absolute atomic E-state index is 4.26. The highest BCUT2D eigenvalue weighted by molar-refractivity contribution is 14.0. The van der Waals surface area contributed by atoms with E-state index in [4.69, 9.17) is 0 Å². The van der Waals surface area contributed by atoms with Gasteiger partial charge in [0.25, 0.3) is 0 Å². The minimum atomic E-state index is 0. The Hall–Kier alpha value is -0.780.